The van der Waals surface area contributed by atoms with E-state index in [1.165, 1.54) is 5.56 Å². The molecule has 0 saturated carbocycles. The van der Waals surface area contributed by atoms with Gasteiger partial charge in [-0.3, -0.25) is 0 Å². The predicted molar refractivity (Wildman–Crippen MR) is 78.5 cm³/mol. The number of benzene rings is 1. The van der Waals surface area contributed by atoms with Crippen LogP contribution in [0.3, 0.4) is 0 Å². The number of aryl methyl sites for hydroxylation is 1. The molecule has 0 bridgehead atoms. The van der Waals surface area contributed by atoms with Gasteiger partial charge in [0.2, 0.25) is 11.7 Å². The highest BCUT2D eigenvalue weighted by molar-refractivity contribution is 5.54. The van der Waals surface area contributed by atoms with Crippen LogP contribution in [0.5, 0.6) is 0 Å². The Morgan fingerprint density at radius 2 is 2.05 bits per heavy atom. The van der Waals surface area contributed by atoms with Crippen LogP contribution in [0.4, 0.5) is 0 Å². The summed E-state index contributed by atoms with van der Waals surface area (Å²) >= 11 is 0. The molecule has 0 atom stereocenters. The minimum Gasteiger partial charge on any atom is -0.386 e. The Labute approximate surface area is 119 Å². The first-order valence-electron chi connectivity index (χ1n) is 6.69. The Balaban J connectivity index is 2.12. The van der Waals surface area contributed by atoms with Crippen LogP contribution in [0.25, 0.3) is 11.4 Å². The van der Waals surface area contributed by atoms with Gasteiger partial charge in [-0.05, 0) is 13.3 Å². The van der Waals surface area contributed by atoms with Crippen molar-refractivity contribution in [1.82, 2.24) is 15.0 Å². The average Bonchev–Trinajstić information content (AvgIpc) is 2.87. The van der Waals surface area contributed by atoms with Crippen molar-refractivity contribution in [2.45, 2.75) is 26.8 Å². The van der Waals surface area contributed by atoms with Crippen LogP contribution < -0.4 is 5.73 Å². The van der Waals surface area contributed by atoms with Gasteiger partial charge in [0.05, 0.1) is 12.4 Å². The van der Waals surface area contributed by atoms with E-state index >= 15 is 0 Å². The van der Waals surface area contributed by atoms with Gasteiger partial charge >= 0.3 is 0 Å². The lowest BCUT2D eigenvalue weighted by Crippen LogP contribution is -2.27. The van der Waals surface area contributed by atoms with E-state index in [1.807, 2.05) is 36.1 Å². The Bertz CT molecular complexity index is 574. The smallest absolute Gasteiger partial charge is 0.246 e. The molecular formula is C15H20N4O. The van der Waals surface area contributed by atoms with E-state index in [2.05, 4.69) is 23.6 Å². The predicted octanol–water partition coefficient (Wildman–Crippen LogP) is 2.69. The maximum atomic E-state index is 5.75. The summed E-state index contributed by atoms with van der Waals surface area (Å²) in [6.45, 7) is 9.19. The maximum absolute atomic E-state index is 5.75. The molecule has 2 N–H and O–H groups in total. The van der Waals surface area contributed by atoms with E-state index in [0.29, 0.717) is 24.1 Å². The first-order valence-corrected chi connectivity index (χ1v) is 6.69. The number of rotatable bonds is 6. The zero-order valence-electron chi connectivity index (χ0n) is 12.0. The van der Waals surface area contributed by atoms with Gasteiger partial charge < -0.3 is 15.2 Å². The van der Waals surface area contributed by atoms with Crippen molar-refractivity contribution >= 4 is 0 Å². The number of hydrogen-bond acceptors (Lipinski definition) is 5. The molecule has 0 spiro atoms. The molecule has 0 fully saturated rings. The van der Waals surface area contributed by atoms with Gasteiger partial charge in [0.1, 0.15) is 0 Å². The lowest BCUT2D eigenvalue weighted by atomic mass is 10.1. The highest BCUT2D eigenvalue weighted by Crippen LogP contribution is 2.17. The molecule has 0 aliphatic rings. The molecule has 1 aromatic heterocycles. The summed E-state index contributed by atoms with van der Waals surface area (Å²) < 4.78 is 5.28. The first-order chi connectivity index (χ1) is 9.60. The van der Waals surface area contributed by atoms with Crippen LogP contribution in [-0.2, 0) is 6.54 Å². The zero-order chi connectivity index (χ0) is 14.5. The van der Waals surface area contributed by atoms with Gasteiger partial charge in [0, 0.05) is 12.1 Å². The van der Waals surface area contributed by atoms with E-state index in [0.717, 1.165) is 18.5 Å². The fourth-order valence-electron chi connectivity index (χ4n) is 1.90. The number of hydrogen-bond donors (Lipinski definition) is 1. The quantitative estimate of drug-likeness (QED) is 0.875. The third-order valence-corrected chi connectivity index (χ3v) is 3.00. The topological polar surface area (TPSA) is 68.2 Å². The Morgan fingerprint density at radius 1 is 1.35 bits per heavy atom. The molecule has 0 unspecified atom stereocenters. The van der Waals surface area contributed by atoms with Gasteiger partial charge in [0.15, 0.2) is 0 Å². The molecule has 2 rings (SSSR count). The van der Waals surface area contributed by atoms with E-state index in [-0.39, 0.29) is 0 Å². The van der Waals surface area contributed by atoms with Crippen LogP contribution >= 0.6 is 0 Å². The van der Waals surface area contributed by atoms with Gasteiger partial charge in [0.25, 0.3) is 0 Å². The number of aromatic nitrogens is 2. The fraction of sp³-hybridized carbons (Fsp3) is 0.333. The molecule has 0 aliphatic carbocycles. The molecule has 5 heteroatoms. The molecule has 2 aromatic rings. The Kier molecular flexibility index (Phi) is 4.40. The molecule has 106 valence electrons. The first kappa shape index (κ1) is 14.1. The monoisotopic (exact) mass is 272 g/mol. The fourth-order valence-corrected chi connectivity index (χ4v) is 1.90. The molecular weight excluding hydrogens is 252 g/mol. The SMILES string of the molecule is C=C(N)N(CCC)Cc1nc(-c2ccc(C)cc2)no1. The molecule has 1 aromatic carbocycles. The van der Waals surface area contributed by atoms with Crippen LogP contribution in [0.1, 0.15) is 24.8 Å². The van der Waals surface area contributed by atoms with E-state index in [1.54, 1.807) is 0 Å². The number of nitrogens with two attached hydrogens (primary N) is 1. The van der Waals surface area contributed by atoms with Crippen molar-refractivity contribution < 1.29 is 4.52 Å². The van der Waals surface area contributed by atoms with Gasteiger partial charge in [-0.25, -0.2) is 0 Å². The average molecular weight is 272 g/mol. The molecule has 20 heavy (non-hydrogen) atoms. The van der Waals surface area contributed by atoms with E-state index in [4.69, 9.17) is 10.3 Å². The van der Waals surface area contributed by atoms with Crippen LogP contribution in [-0.4, -0.2) is 21.6 Å². The lowest BCUT2D eigenvalue weighted by Gasteiger charge is -2.21. The molecule has 0 amide bonds. The molecule has 5 nitrogen and oxygen atoms in total. The van der Waals surface area contributed by atoms with E-state index in [9.17, 15) is 0 Å². The second-order valence-electron chi connectivity index (χ2n) is 4.79. The van der Waals surface area contributed by atoms with Crippen LogP contribution in [0, 0.1) is 6.92 Å². The summed E-state index contributed by atoms with van der Waals surface area (Å²) in [5.74, 6) is 1.65. The van der Waals surface area contributed by atoms with Gasteiger partial charge in [-0.2, -0.15) is 4.98 Å². The Hall–Kier alpha value is -2.30. The second kappa shape index (κ2) is 6.23. The highest BCUT2D eigenvalue weighted by atomic mass is 16.5. The minimum atomic E-state index is 0.488. The van der Waals surface area contributed by atoms with Crippen molar-refractivity contribution in [1.29, 1.82) is 0 Å². The summed E-state index contributed by atoms with van der Waals surface area (Å²) in [5, 5.41) is 4.01. The lowest BCUT2D eigenvalue weighted by molar-refractivity contribution is 0.272. The second-order valence-corrected chi connectivity index (χ2v) is 4.79. The summed E-state index contributed by atoms with van der Waals surface area (Å²) in [4.78, 5) is 6.32. The van der Waals surface area contributed by atoms with Gasteiger partial charge in [-0.15, -0.1) is 0 Å². The molecule has 0 aliphatic heterocycles. The summed E-state index contributed by atoms with van der Waals surface area (Å²) in [6, 6.07) is 8.01. The van der Waals surface area contributed by atoms with Crippen molar-refractivity contribution in [3.8, 4) is 11.4 Å². The largest absolute Gasteiger partial charge is 0.386 e. The normalized spacial score (nSPS) is 10.5. The minimum absolute atomic E-state index is 0.488. The van der Waals surface area contributed by atoms with Crippen molar-refractivity contribution in [3.05, 3.63) is 48.1 Å². The third-order valence-electron chi connectivity index (χ3n) is 3.00. The summed E-state index contributed by atoms with van der Waals surface area (Å²) in [7, 11) is 0. The summed E-state index contributed by atoms with van der Waals surface area (Å²) in [6.07, 6.45) is 0.981. The molecule has 0 radical (unpaired) electrons. The van der Waals surface area contributed by atoms with E-state index < -0.39 is 0 Å². The van der Waals surface area contributed by atoms with Crippen molar-refractivity contribution in [2.75, 3.05) is 6.54 Å². The zero-order valence-corrected chi connectivity index (χ0v) is 12.0. The maximum Gasteiger partial charge on any atom is 0.246 e. The van der Waals surface area contributed by atoms with Crippen molar-refractivity contribution in [3.63, 3.8) is 0 Å². The summed E-state index contributed by atoms with van der Waals surface area (Å²) in [5.41, 5.74) is 7.89. The van der Waals surface area contributed by atoms with Gasteiger partial charge in [-0.1, -0.05) is 48.5 Å². The van der Waals surface area contributed by atoms with Crippen LogP contribution in [0.15, 0.2) is 41.2 Å². The molecule has 1 heterocycles. The standard InChI is InChI=1S/C15H20N4O/c1-4-9-19(12(3)16)10-14-17-15(18-20-14)13-7-5-11(2)6-8-13/h5-8H,3-4,9-10,16H2,1-2H3. The molecule has 0 saturated heterocycles. The highest BCUT2D eigenvalue weighted by Gasteiger charge is 2.12. The van der Waals surface area contributed by atoms with Crippen molar-refractivity contribution in [2.24, 2.45) is 5.73 Å². The number of nitrogens with zero attached hydrogens (tertiary/aromatic N) is 3. The van der Waals surface area contributed by atoms with Crippen LogP contribution in [0.2, 0.25) is 0 Å². The third kappa shape index (κ3) is 3.38. The Morgan fingerprint density at radius 3 is 2.65 bits per heavy atom.